The molecule has 108 valence electrons. The zero-order valence-electron chi connectivity index (χ0n) is 11.8. The Morgan fingerprint density at radius 2 is 2.10 bits per heavy atom. The van der Waals surface area contributed by atoms with Gasteiger partial charge in [-0.1, -0.05) is 11.6 Å². The third-order valence-electron chi connectivity index (χ3n) is 4.26. The van der Waals surface area contributed by atoms with Crippen molar-refractivity contribution < 1.29 is 4.79 Å². The van der Waals surface area contributed by atoms with Crippen LogP contribution >= 0.6 is 11.6 Å². The minimum atomic E-state index is 0.0890. The summed E-state index contributed by atoms with van der Waals surface area (Å²) >= 11 is 5.96. The second-order valence-electron chi connectivity index (χ2n) is 5.76. The molecule has 0 aliphatic carbocycles. The zero-order valence-corrected chi connectivity index (χ0v) is 12.6. The number of hydrogen-bond donors (Lipinski definition) is 0. The van der Waals surface area contributed by atoms with E-state index in [0.717, 1.165) is 31.7 Å². The highest BCUT2D eigenvalue weighted by Crippen LogP contribution is 2.22. The van der Waals surface area contributed by atoms with Crippen LogP contribution < -0.4 is 0 Å². The number of fused-ring (bicyclic) bond motifs is 1. The lowest BCUT2D eigenvalue weighted by Crippen LogP contribution is -2.39. The van der Waals surface area contributed by atoms with Crippen molar-refractivity contribution in [2.24, 2.45) is 0 Å². The van der Waals surface area contributed by atoms with Gasteiger partial charge in [-0.05, 0) is 44.9 Å². The predicted octanol–water partition coefficient (Wildman–Crippen LogP) is 2.35. The van der Waals surface area contributed by atoms with Gasteiger partial charge in [-0.2, -0.15) is 0 Å². The molecule has 2 aliphatic rings. The predicted molar refractivity (Wildman–Crippen MR) is 79.1 cm³/mol. The maximum atomic E-state index is 12.7. The summed E-state index contributed by atoms with van der Waals surface area (Å²) in [6, 6.07) is 4.04. The fourth-order valence-electron chi connectivity index (χ4n) is 3.33. The molecule has 4 nitrogen and oxygen atoms in total. The number of amides is 1. The summed E-state index contributed by atoms with van der Waals surface area (Å²) in [6.07, 6.45) is 3.52. The van der Waals surface area contributed by atoms with E-state index < -0.39 is 0 Å². The monoisotopic (exact) mass is 293 g/mol. The molecule has 2 aliphatic heterocycles. The SMILES string of the molecule is Cc1cc(C(=O)N2CCCN3CCCC3C2)cc(Cl)n1. The van der Waals surface area contributed by atoms with Crippen LogP contribution in [0.15, 0.2) is 12.1 Å². The third-order valence-corrected chi connectivity index (χ3v) is 4.45. The Labute approximate surface area is 124 Å². The first-order valence-corrected chi connectivity index (χ1v) is 7.69. The van der Waals surface area contributed by atoms with Crippen LogP contribution in [-0.4, -0.2) is 52.9 Å². The summed E-state index contributed by atoms with van der Waals surface area (Å²) in [5.74, 6) is 0.0890. The number of carbonyl (C=O) groups is 1. The number of halogens is 1. The van der Waals surface area contributed by atoms with E-state index in [1.165, 1.54) is 19.4 Å². The maximum Gasteiger partial charge on any atom is 0.254 e. The Morgan fingerprint density at radius 1 is 1.30 bits per heavy atom. The van der Waals surface area contributed by atoms with Crippen LogP contribution in [0, 0.1) is 6.92 Å². The van der Waals surface area contributed by atoms with Crippen molar-refractivity contribution in [3.63, 3.8) is 0 Å². The lowest BCUT2D eigenvalue weighted by Gasteiger charge is -2.25. The summed E-state index contributed by atoms with van der Waals surface area (Å²) in [7, 11) is 0. The fourth-order valence-corrected chi connectivity index (χ4v) is 3.58. The van der Waals surface area contributed by atoms with E-state index in [-0.39, 0.29) is 5.91 Å². The largest absolute Gasteiger partial charge is 0.337 e. The molecule has 3 rings (SSSR count). The topological polar surface area (TPSA) is 36.4 Å². The van der Waals surface area contributed by atoms with E-state index in [1.54, 1.807) is 6.07 Å². The number of nitrogens with zero attached hydrogens (tertiary/aromatic N) is 3. The zero-order chi connectivity index (χ0) is 14.1. The molecule has 2 fully saturated rings. The van der Waals surface area contributed by atoms with Gasteiger partial charge in [-0.25, -0.2) is 4.98 Å². The molecular weight excluding hydrogens is 274 g/mol. The highest BCUT2D eigenvalue weighted by molar-refractivity contribution is 6.29. The van der Waals surface area contributed by atoms with E-state index in [9.17, 15) is 4.79 Å². The van der Waals surface area contributed by atoms with Gasteiger partial charge in [-0.3, -0.25) is 9.69 Å². The normalized spacial score (nSPS) is 23.5. The molecule has 1 unspecified atom stereocenters. The van der Waals surface area contributed by atoms with Crippen LogP contribution in [0.3, 0.4) is 0 Å². The van der Waals surface area contributed by atoms with Crippen molar-refractivity contribution in [2.75, 3.05) is 26.2 Å². The molecule has 0 spiro atoms. The van der Waals surface area contributed by atoms with E-state index in [0.29, 0.717) is 16.8 Å². The first-order valence-electron chi connectivity index (χ1n) is 7.31. The summed E-state index contributed by atoms with van der Waals surface area (Å²) in [4.78, 5) is 21.3. The summed E-state index contributed by atoms with van der Waals surface area (Å²) in [5.41, 5.74) is 1.45. The number of aromatic nitrogens is 1. The molecule has 1 aromatic rings. The molecule has 20 heavy (non-hydrogen) atoms. The quantitative estimate of drug-likeness (QED) is 0.746. The summed E-state index contributed by atoms with van der Waals surface area (Å²) in [5, 5.41) is 0.394. The van der Waals surface area contributed by atoms with Gasteiger partial charge < -0.3 is 4.90 Å². The smallest absolute Gasteiger partial charge is 0.254 e. The number of hydrogen-bond acceptors (Lipinski definition) is 3. The third kappa shape index (κ3) is 2.81. The van der Waals surface area contributed by atoms with E-state index in [2.05, 4.69) is 9.88 Å². The molecule has 3 heterocycles. The first-order chi connectivity index (χ1) is 9.63. The van der Waals surface area contributed by atoms with Gasteiger partial charge >= 0.3 is 0 Å². The average Bonchev–Trinajstić information content (AvgIpc) is 2.74. The van der Waals surface area contributed by atoms with Crippen molar-refractivity contribution in [3.8, 4) is 0 Å². The van der Waals surface area contributed by atoms with Crippen molar-refractivity contribution in [3.05, 3.63) is 28.5 Å². The van der Waals surface area contributed by atoms with Gasteiger partial charge in [0.15, 0.2) is 0 Å². The Bertz CT molecular complexity index is 500. The number of carbonyl (C=O) groups excluding carboxylic acids is 1. The Morgan fingerprint density at radius 3 is 2.90 bits per heavy atom. The molecule has 0 bridgehead atoms. The van der Waals surface area contributed by atoms with Crippen molar-refractivity contribution in [1.82, 2.24) is 14.8 Å². The molecule has 1 amide bonds. The maximum absolute atomic E-state index is 12.7. The molecule has 2 saturated heterocycles. The number of rotatable bonds is 1. The van der Waals surface area contributed by atoms with E-state index in [4.69, 9.17) is 11.6 Å². The molecule has 5 heteroatoms. The lowest BCUT2D eigenvalue weighted by molar-refractivity contribution is 0.0743. The molecule has 1 aromatic heterocycles. The number of aryl methyl sites for hydroxylation is 1. The Kier molecular flexibility index (Phi) is 3.94. The van der Waals surface area contributed by atoms with Gasteiger partial charge in [-0.15, -0.1) is 0 Å². The molecule has 0 radical (unpaired) electrons. The molecule has 1 atom stereocenters. The molecule has 0 aromatic carbocycles. The number of pyridine rings is 1. The average molecular weight is 294 g/mol. The summed E-state index contributed by atoms with van der Waals surface area (Å²) in [6.45, 7) is 5.85. The molecular formula is C15H20ClN3O. The Balaban J connectivity index is 1.78. The second kappa shape index (κ2) is 5.70. The van der Waals surface area contributed by atoms with Crippen molar-refractivity contribution in [2.45, 2.75) is 32.2 Å². The van der Waals surface area contributed by atoms with Gasteiger partial charge in [0.05, 0.1) is 0 Å². The van der Waals surface area contributed by atoms with Crippen LogP contribution in [0.1, 0.15) is 35.3 Å². The van der Waals surface area contributed by atoms with Crippen LogP contribution in [-0.2, 0) is 0 Å². The van der Waals surface area contributed by atoms with E-state index in [1.807, 2.05) is 17.9 Å². The van der Waals surface area contributed by atoms with Crippen molar-refractivity contribution in [1.29, 1.82) is 0 Å². The van der Waals surface area contributed by atoms with Crippen LogP contribution in [0.25, 0.3) is 0 Å². The first kappa shape index (κ1) is 13.8. The van der Waals surface area contributed by atoms with Crippen LogP contribution in [0.5, 0.6) is 0 Å². The van der Waals surface area contributed by atoms with Crippen LogP contribution in [0.4, 0.5) is 0 Å². The van der Waals surface area contributed by atoms with Gasteiger partial charge in [0.2, 0.25) is 0 Å². The second-order valence-corrected chi connectivity index (χ2v) is 6.14. The van der Waals surface area contributed by atoms with Gasteiger partial charge in [0.25, 0.3) is 5.91 Å². The van der Waals surface area contributed by atoms with Gasteiger partial charge in [0.1, 0.15) is 5.15 Å². The highest BCUT2D eigenvalue weighted by Gasteiger charge is 2.30. The molecule has 0 N–H and O–H groups in total. The summed E-state index contributed by atoms with van der Waals surface area (Å²) < 4.78 is 0. The lowest BCUT2D eigenvalue weighted by atomic mass is 10.1. The van der Waals surface area contributed by atoms with Gasteiger partial charge in [0, 0.05) is 36.9 Å². The fraction of sp³-hybridized carbons (Fsp3) is 0.600. The minimum absolute atomic E-state index is 0.0890. The van der Waals surface area contributed by atoms with E-state index >= 15 is 0 Å². The Hall–Kier alpha value is -1.13. The van der Waals surface area contributed by atoms with Crippen LogP contribution in [0.2, 0.25) is 5.15 Å². The highest BCUT2D eigenvalue weighted by atomic mass is 35.5. The molecule has 0 saturated carbocycles. The van der Waals surface area contributed by atoms with Crippen molar-refractivity contribution >= 4 is 17.5 Å². The standard InChI is InChI=1S/C15H20ClN3O/c1-11-8-12(9-14(16)17-11)15(20)19-7-3-6-18-5-2-4-13(18)10-19/h8-9,13H,2-7,10H2,1H3. The minimum Gasteiger partial charge on any atom is -0.337 e.